The number of rotatable bonds is 5. The number of carbonyl (C=O) groups excluding carboxylic acids is 1. The van der Waals surface area contributed by atoms with Gasteiger partial charge < -0.3 is 9.73 Å². The summed E-state index contributed by atoms with van der Waals surface area (Å²) in [5.41, 5.74) is 1.31. The van der Waals surface area contributed by atoms with Gasteiger partial charge in [-0.3, -0.25) is 9.59 Å². The molecule has 0 aliphatic heterocycles. The molecule has 154 valence electrons. The van der Waals surface area contributed by atoms with E-state index < -0.39 is 0 Å². The molecule has 3 heterocycles. The summed E-state index contributed by atoms with van der Waals surface area (Å²) in [6.07, 6.45) is 0.0695. The number of thiazole rings is 1. The third-order valence-corrected chi connectivity index (χ3v) is 6.04. The third kappa shape index (κ3) is 3.73. The molecule has 0 saturated heterocycles. The van der Waals surface area contributed by atoms with Gasteiger partial charge in [-0.15, -0.1) is 11.3 Å². The van der Waals surface area contributed by atoms with Crippen LogP contribution in [0.25, 0.3) is 31.8 Å². The van der Waals surface area contributed by atoms with E-state index in [9.17, 15) is 9.59 Å². The van der Waals surface area contributed by atoms with Crippen molar-refractivity contribution in [2.24, 2.45) is 7.05 Å². The molecular weight excluding hydrogens is 412 g/mol. The van der Waals surface area contributed by atoms with Crippen LogP contribution in [0.3, 0.4) is 0 Å². The highest BCUT2D eigenvalue weighted by atomic mass is 32.1. The first kappa shape index (κ1) is 19.2. The van der Waals surface area contributed by atoms with E-state index in [-0.39, 0.29) is 24.4 Å². The minimum absolute atomic E-state index is 0.0695. The number of benzene rings is 2. The maximum Gasteiger partial charge on any atom is 0.274 e. The molecule has 0 aliphatic rings. The Morgan fingerprint density at radius 1 is 1.06 bits per heavy atom. The molecule has 5 aromatic rings. The minimum Gasteiger partial charge on any atom is -0.457 e. The number of para-hydroxylation sites is 1. The van der Waals surface area contributed by atoms with Crippen molar-refractivity contribution in [3.8, 4) is 10.8 Å². The van der Waals surface area contributed by atoms with E-state index >= 15 is 0 Å². The number of nitrogens with one attached hydrogen (secondary N) is 1. The van der Waals surface area contributed by atoms with Crippen molar-refractivity contribution in [2.45, 2.75) is 13.0 Å². The van der Waals surface area contributed by atoms with E-state index in [0.29, 0.717) is 28.0 Å². The number of fused-ring (bicyclic) bond motifs is 2. The van der Waals surface area contributed by atoms with Gasteiger partial charge in [0.15, 0.2) is 10.8 Å². The van der Waals surface area contributed by atoms with Crippen molar-refractivity contribution in [2.75, 3.05) is 0 Å². The van der Waals surface area contributed by atoms with E-state index in [4.69, 9.17) is 4.42 Å². The predicted octanol–water partition coefficient (Wildman–Crippen LogP) is 3.66. The van der Waals surface area contributed by atoms with Crippen LogP contribution in [0.2, 0.25) is 0 Å². The van der Waals surface area contributed by atoms with Gasteiger partial charge in [-0.1, -0.05) is 30.3 Å². The van der Waals surface area contributed by atoms with Crippen LogP contribution in [-0.4, -0.2) is 20.7 Å². The van der Waals surface area contributed by atoms with E-state index in [1.807, 2.05) is 48.5 Å². The second kappa shape index (κ2) is 7.81. The minimum atomic E-state index is -0.200. The molecule has 0 fully saturated rings. The number of carbonyl (C=O) groups is 1. The monoisotopic (exact) mass is 430 g/mol. The number of hydrogen-bond acceptors (Lipinski definition) is 6. The molecule has 1 N–H and O–H groups in total. The summed E-state index contributed by atoms with van der Waals surface area (Å²) in [6, 6.07) is 18.8. The van der Waals surface area contributed by atoms with Crippen LogP contribution in [0.5, 0.6) is 0 Å². The van der Waals surface area contributed by atoms with E-state index in [0.717, 1.165) is 15.2 Å². The molecule has 0 bridgehead atoms. The lowest BCUT2D eigenvalue weighted by molar-refractivity contribution is -0.120. The van der Waals surface area contributed by atoms with Gasteiger partial charge in [0.05, 0.1) is 34.3 Å². The van der Waals surface area contributed by atoms with Gasteiger partial charge in [-0.25, -0.2) is 9.67 Å². The fourth-order valence-electron chi connectivity index (χ4n) is 3.47. The summed E-state index contributed by atoms with van der Waals surface area (Å²) in [7, 11) is 1.59. The summed E-state index contributed by atoms with van der Waals surface area (Å²) in [5.74, 6) is 1.12. The highest BCUT2D eigenvalue weighted by Gasteiger charge is 2.14. The topological polar surface area (TPSA) is 90.0 Å². The van der Waals surface area contributed by atoms with Gasteiger partial charge in [0.2, 0.25) is 5.91 Å². The Balaban J connectivity index is 1.29. The number of furan rings is 1. The van der Waals surface area contributed by atoms with Crippen molar-refractivity contribution < 1.29 is 9.21 Å². The predicted molar refractivity (Wildman–Crippen MR) is 120 cm³/mol. The zero-order valence-electron chi connectivity index (χ0n) is 16.7. The molecule has 5 rings (SSSR count). The van der Waals surface area contributed by atoms with Crippen LogP contribution < -0.4 is 10.9 Å². The van der Waals surface area contributed by atoms with Crippen LogP contribution in [-0.2, 0) is 24.8 Å². The SMILES string of the molecule is Cn1nc(CC(=O)NCc2ccc(-c3nc4ccccc4s3)o2)c2ccccc2c1=O. The number of amides is 1. The first-order chi connectivity index (χ1) is 15.1. The summed E-state index contributed by atoms with van der Waals surface area (Å²) < 4.78 is 8.24. The molecule has 7 nitrogen and oxygen atoms in total. The Morgan fingerprint density at radius 2 is 1.84 bits per heavy atom. The number of nitrogens with zero attached hydrogens (tertiary/aromatic N) is 3. The summed E-state index contributed by atoms with van der Waals surface area (Å²) in [6.45, 7) is 0.257. The van der Waals surface area contributed by atoms with Crippen LogP contribution in [0.1, 0.15) is 11.5 Å². The highest BCUT2D eigenvalue weighted by molar-refractivity contribution is 7.21. The van der Waals surface area contributed by atoms with Gasteiger partial charge in [0.1, 0.15) is 5.76 Å². The van der Waals surface area contributed by atoms with Crippen molar-refractivity contribution in [3.05, 3.63) is 82.5 Å². The Morgan fingerprint density at radius 3 is 2.68 bits per heavy atom. The summed E-state index contributed by atoms with van der Waals surface area (Å²) in [5, 5.41) is 9.18. The van der Waals surface area contributed by atoms with Crippen molar-refractivity contribution in [1.82, 2.24) is 20.1 Å². The van der Waals surface area contributed by atoms with Gasteiger partial charge in [0, 0.05) is 12.4 Å². The number of hydrogen-bond donors (Lipinski definition) is 1. The zero-order chi connectivity index (χ0) is 21.4. The van der Waals surface area contributed by atoms with Gasteiger partial charge in [0.25, 0.3) is 5.56 Å². The molecule has 0 spiro atoms. The second-order valence-electron chi connectivity index (χ2n) is 7.13. The summed E-state index contributed by atoms with van der Waals surface area (Å²) in [4.78, 5) is 29.4. The van der Waals surface area contributed by atoms with Crippen LogP contribution >= 0.6 is 11.3 Å². The van der Waals surface area contributed by atoms with E-state index in [2.05, 4.69) is 15.4 Å². The van der Waals surface area contributed by atoms with Gasteiger partial charge >= 0.3 is 0 Å². The molecule has 8 heteroatoms. The Hall–Kier alpha value is -3.78. The lowest BCUT2D eigenvalue weighted by atomic mass is 10.1. The van der Waals surface area contributed by atoms with Crippen molar-refractivity contribution in [1.29, 1.82) is 0 Å². The quantitative estimate of drug-likeness (QED) is 0.460. The molecule has 0 saturated carbocycles. The zero-order valence-corrected chi connectivity index (χ0v) is 17.5. The first-order valence-corrected chi connectivity index (χ1v) is 10.6. The maximum atomic E-state index is 12.5. The fraction of sp³-hybridized carbons (Fsp3) is 0.130. The molecule has 0 aliphatic carbocycles. The molecule has 3 aromatic heterocycles. The van der Waals surface area contributed by atoms with E-state index in [1.165, 1.54) is 4.68 Å². The molecule has 0 radical (unpaired) electrons. The third-order valence-electron chi connectivity index (χ3n) is 4.99. The lowest BCUT2D eigenvalue weighted by Crippen LogP contribution is -2.27. The fourth-order valence-corrected chi connectivity index (χ4v) is 4.40. The van der Waals surface area contributed by atoms with Crippen LogP contribution in [0.4, 0.5) is 0 Å². The maximum absolute atomic E-state index is 12.5. The average molecular weight is 430 g/mol. The average Bonchev–Trinajstić information content (AvgIpc) is 3.43. The smallest absolute Gasteiger partial charge is 0.274 e. The molecular formula is C23H18N4O3S. The Kier molecular flexibility index (Phi) is 4.83. The molecule has 0 unspecified atom stereocenters. The Bertz CT molecular complexity index is 1450. The van der Waals surface area contributed by atoms with Crippen LogP contribution in [0.15, 0.2) is 69.9 Å². The molecule has 31 heavy (non-hydrogen) atoms. The highest BCUT2D eigenvalue weighted by Crippen LogP contribution is 2.31. The molecule has 2 aromatic carbocycles. The van der Waals surface area contributed by atoms with Crippen molar-refractivity contribution >= 4 is 38.2 Å². The van der Waals surface area contributed by atoms with E-state index in [1.54, 1.807) is 30.5 Å². The largest absolute Gasteiger partial charge is 0.457 e. The number of aromatic nitrogens is 3. The molecule has 0 atom stereocenters. The molecule has 1 amide bonds. The Labute approximate surface area is 181 Å². The first-order valence-electron chi connectivity index (χ1n) is 9.75. The summed E-state index contributed by atoms with van der Waals surface area (Å²) >= 11 is 1.57. The van der Waals surface area contributed by atoms with Gasteiger partial charge in [-0.05, 0) is 30.3 Å². The van der Waals surface area contributed by atoms with Gasteiger partial charge in [-0.2, -0.15) is 5.10 Å². The lowest BCUT2D eigenvalue weighted by Gasteiger charge is -2.08. The number of aryl methyl sites for hydroxylation is 1. The second-order valence-corrected chi connectivity index (χ2v) is 8.16. The van der Waals surface area contributed by atoms with Crippen molar-refractivity contribution in [3.63, 3.8) is 0 Å². The standard InChI is InChI=1S/C23H18N4O3S/c1-27-23(29)16-7-3-2-6-15(16)18(26-27)12-21(28)24-13-14-10-11-19(30-14)22-25-17-8-4-5-9-20(17)31-22/h2-11H,12-13H2,1H3,(H,24,28). The van der Waals surface area contributed by atoms with Crippen LogP contribution in [0, 0.1) is 0 Å². The normalized spacial score (nSPS) is 11.3.